The Kier molecular flexibility index (Phi) is 7.39. The molecule has 2 aliphatic rings. The molecule has 11 heteroatoms. The predicted octanol–water partition coefficient (Wildman–Crippen LogP) is 3.38. The third kappa shape index (κ3) is 5.89. The average molecular weight is 501 g/mol. The Labute approximate surface area is 211 Å². The van der Waals surface area contributed by atoms with Crippen molar-refractivity contribution < 1.29 is 19.2 Å². The predicted molar refractivity (Wildman–Crippen MR) is 136 cm³/mol. The number of nitrogens with zero attached hydrogens (tertiary/aromatic N) is 6. The molecular formula is C25H36N6O5. The van der Waals surface area contributed by atoms with Gasteiger partial charge in [0.2, 0.25) is 0 Å². The van der Waals surface area contributed by atoms with Gasteiger partial charge in [0.1, 0.15) is 5.60 Å². The topological polar surface area (TPSA) is 106 Å². The first-order valence-electron chi connectivity index (χ1n) is 12.3. The number of ether oxygens (including phenoxy) is 2. The van der Waals surface area contributed by atoms with Crippen LogP contribution >= 0.6 is 0 Å². The van der Waals surface area contributed by atoms with Crippen LogP contribution in [-0.4, -0.2) is 89.1 Å². The third-order valence-electron chi connectivity index (χ3n) is 6.68. The molecule has 0 aliphatic carbocycles. The molecule has 4 rings (SSSR count). The van der Waals surface area contributed by atoms with E-state index < -0.39 is 10.5 Å². The molecule has 2 aromatic rings. The smallest absolute Gasteiger partial charge is 0.410 e. The van der Waals surface area contributed by atoms with Crippen LogP contribution < -0.4 is 9.64 Å². The molecule has 1 amide bonds. The fourth-order valence-electron chi connectivity index (χ4n) is 4.93. The van der Waals surface area contributed by atoms with E-state index >= 15 is 0 Å². The third-order valence-corrected chi connectivity index (χ3v) is 6.68. The highest BCUT2D eigenvalue weighted by Gasteiger charge is 2.32. The first kappa shape index (κ1) is 25.7. The van der Waals surface area contributed by atoms with E-state index in [0.29, 0.717) is 5.92 Å². The number of nitro benzene ring substituents is 1. The van der Waals surface area contributed by atoms with Gasteiger partial charge in [-0.1, -0.05) is 0 Å². The maximum absolute atomic E-state index is 12.4. The monoisotopic (exact) mass is 500 g/mol. The highest BCUT2D eigenvalue weighted by molar-refractivity contribution is 5.82. The van der Waals surface area contributed by atoms with Crippen LogP contribution in [0.2, 0.25) is 0 Å². The minimum atomic E-state index is -0.485. The number of aryl methyl sites for hydroxylation is 1. The SMILES string of the molecule is COc1cc(N2CCN(CC3CCN(C(=O)OC(C)(C)C)C3)CC2)c(-c2cnn(C)c2)cc1[N+](=O)[O-]. The number of aromatic nitrogens is 2. The van der Waals surface area contributed by atoms with E-state index in [9.17, 15) is 14.9 Å². The van der Waals surface area contributed by atoms with Gasteiger partial charge in [0.25, 0.3) is 0 Å². The number of rotatable bonds is 6. The Morgan fingerprint density at radius 1 is 1.19 bits per heavy atom. The van der Waals surface area contributed by atoms with E-state index in [1.165, 1.54) is 7.11 Å². The molecule has 0 radical (unpaired) electrons. The van der Waals surface area contributed by atoms with Crippen molar-refractivity contribution in [3.63, 3.8) is 0 Å². The molecule has 2 saturated heterocycles. The molecule has 0 bridgehead atoms. The fraction of sp³-hybridized carbons (Fsp3) is 0.600. The van der Waals surface area contributed by atoms with E-state index in [4.69, 9.17) is 9.47 Å². The molecule has 2 fully saturated rings. The molecule has 11 nitrogen and oxygen atoms in total. The van der Waals surface area contributed by atoms with E-state index in [-0.39, 0.29) is 17.5 Å². The second-order valence-corrected chi connectivity index (χ2v) is 10.6. The molecule has 196 valence electrons. The summed E-state index contributed by atoms with van der Waals surface area (Å²) in [5.41, 5.74) is 1.96. The number of benzene rings is 1. The van der Waals surface area contributed by atoms with Crippen molar-refractivity contribution in [2.24, 2.45) is 13.0 Å². The minimum absolute atomic E-state index is 0.0606. The Balaban J connectivity index is 1.42. The molecule has 2 aliphatic heterocycles. The number of carbonyl (C=O) groups is 1. The molecular weight excluding hydrogens is 464 g/mol. The summed E-state index contributed by atoms with van der Waals surface area (Å²) >= 11 is 0. The first-order chi connectivity index (χ1) is 17.0. The summed E-state index contributed by atoms with van der Waals surface area (Å²) in [5, 5.41) is 15.9. The highest BCUT2D eigenvalue weighted by atomic mass is 16.6. The first-order valence-corrected chi connectivity index (χ1v) is 12.3. The van der Waals surface area contributed by atoms with Gasteiger partial charge in [-0.3, -0.25) is 19.7 Å². The molecule has 0 spiro atoms. The number of likely N-dealkylation sites (tertiary alicyclic amines) is 1. The standard InChI is InChI=1S/C25H36N6O5/c1-25(2,3)36-24(32)30-7-6-18(16-30)15-28-8-10-29(11-9-28)21-13-23(35-5)22(31(33)34)12-20(21)19-14-26-27(4)17-19/h12-14,17-18H,6-11,15-16H2,1-5H3. The van der Waals surface area contributed by atoms with Crippen LogP contribution in [0.5, 0.6) is 5.75 Å². The van der Waals surface area contributed by atoms with Gasteiger partial charge in [0.05, 0.1) is 18.2 Å². The molecule has 1 atom stereocenters. The number of piperazine rings is 1. The van der Waals surface area contributed by atoms with Crippen molar-refractivity contribution in [3.8, 4) is 16.9 Å². The molecule has 1 aromatic carbocycles. The summed E-state index contributed by atoms with van der Waals surface area (Å²) in [7, 11) is 3.28. The van der Waals surface area contributed by atoms with Gasteiger partial charge in [0.15, 0.2) is 5.75 Å². The van der Waals surface area contributed by atoms with Crippen molar-refractivity contribution in [2.75, 3.05) is 57.8 Å². The normalized spacial score (nSPS) is 19.0. The van der Waals surface area contributed by atoms with Crippen molar-refractivity contribution >= 4 is 17.5 Å². The molecule has 0 N–H and O–H groups in total. The zero-order valence-corrected chi connectivity index (χ0v) is 21.8. The van der Waals surface area contributed by atoms with Gasteiger partial charge in [-0.15, -0.1) is 0 Å². The quantitative estimate of drug-likeness (QED) is 0.439. The van der Waals surface area contributed by atoms with Crippen molar-refractivity contribution in [1.82, 2.24) is 19.6 Å². The summed E-state index contributed by atoms with van der Waals surface area (Å²) in [6.07, 6.45) is 4.33. The fourth-order valence-corrected chi connectivity index (χ4v) is 4.93. The van der Waals surface area contributed by atoms with Gasteiger partial charge in [-0.05, 0) is 33.1 Å². The number of hydrogen-bond donors (Lipinski definition) is 0. The van der Waals surface area contributed by atoms with Crippen LogP contribution in [0.1, 0.15) is 27.2 Å². The van der Waals surface area contributed by atoms with Gasteiger partial charge in [-0.2, -0.15) is 5.10 Å². The van der Waals surface area contributed by atoms with Gasteiger partial charge < -0.3 is 19.3 Å². The summed E-state index contributed by atoms with van der Waals surface area (Å²) in [4.78, 5) is 30.1. The number of carbonyl (C=O) groups excluding carboxylic acids is 1. The minimum Gasteiger partial charge on any atom is -0.490 e. The van der Waals surface area contributed by atoms with E-state index in [1.807, 2.05) is 38.9 Å². The number of methoxy groups -OCH3 is 1. The summed E-state index contributed by atoms with van der Waals surface area (Å²) < 4.78 is 12.6. The maximum atomic E-state index is 12.4. The molecule has 1 aromatic heterocycles. The van der Waals surface area contributed by atoms with Crippen LogP contribution in [0.25, 0.3) is 11.1 Å². The van der Waals surface area contributed by atoms with Crippen LogP contribution in [0.15, 0.2) is 24.5 Å². The highest BCUT2D eigenvalue weighted by Crippen LogP contribution is 2.40. The lowest BCUT2D eigenvalue weighted by Gasteiger charge is -2.38. The van der Waals surface area contributed by atoms with Gasteiger partial charge in [0, 0.05) is 88.0 Å². The van der Waals surface area contributed by atoms with Crippen molar-refractivity contribution in [3.05, 3.63) is 34.6 Å². The lowest BCUT2D eigenvalue weighted by molar-refractivity contribution is -0.385. The number of anilines is 1. The number of amides is 1. The summed E-state index contributed by atoms with van der Waals surface area (Å²) in [6, 6.07) is 3.35. The van der Waals surface area contributed by atoms with E-state index in [1.54, 1.807) is 23.0 Å². The Morgan fingerprint density at radius 3 is 2.50 bits per heavy atom. The van der Waals surface area contributed by atoms with Crippen LogP contribution in [0.3, 0.4) is 0 Å². The lowest BCUT2D eigenvalue weighted by atomic mass is 10.0. The average Bonchev–Trinajstić information content (AvgIpc) is 3.47. The second kappa shape index (κ2) is 10.3. The van der Waals surface area contributed by atoms with Crippen molar-refractivity contribution in [2.45, 2.75) is 32.8 Å². The van der Waals surface area contributed by atoms with Crippen LogP contribution in [0, 0.1) is 16.0 Å². The molecule has 0 saturated carbocycles. The largest absolute Gasteiger partial charge is 0.490 e. The van der Waals surface area contributed by atoms with Crippen molar-refractivity contribution in [1.29, 1.82) is 0 Å². The second-order valence-electron chi connectivity index (χ2n) is 10.6. The van der Waals surface area contributed by atoms with E-state index in [2.05, 4.69) is 14.9 Å². The Hall–Kier alpha value is -3.34. The molecule has 36 heavy (non-hydrogen) atoms. The van der Waals surface area contributed by atoms with Gasteiger partial charge >= 0.3 is 11.8 Å². The lowest BCUT2D eigenvalue weighted by Crippen LogP contribution is -2.48. The summed E-state index contributed by atoms with van der Waals surface area (Å²) in [6.45, 7) is 11.4. The molecule has 1 unspecified atom stereocenters. The summed E-state index contributed by atoms with van der Waals surface area (Å²) in [5.74, 6) is 0.674. The van der Waals surface area contributed by atoms with Crippen LogP contribution in [0.4, 0.5) is 16.2 Å². The Morgan fingerprint density at radius 2 is 1.92 bits per heavy atom. The number of hydrogen-bond acceptors (Lipinski definition) is 8. The molecule has 3 heterocycles. The zero-order valence-electron chi connectivity index (χ0n) is 21.8. The zero-order chi connectivity index (χ0) is 26.0. The van der Waals surface area contributed by atoms with Crippen LogP contribution in [-0.2, 0) is 11.8 Å². The number of nitro groups is 1. The Bertz CT molecular complexity index is 1100. The maximum Gasteiger partial charge on any atom is 0.410 e. The van der Waals surface area contributed by atoms with Gasteiger partial charge in [-0.25, -0.2) is 4.79 Å². The van der Waals surface area contributed by atoms with E-state index in [0.717, 1.165) is 69.0 Å².